The molecule has 36 heavy (non-hydrogen) atoms. The number of nitrogens with zero attached hydrogens (tertiary/aromatic N) is 1. The van der Waals surface area contributed by atoms with Crippen molar-refractivity contribution in [2.24, 2.45) is 0 Å². The summed E-state index contributed by atoms with van der Waals surface area (Å²) in [6.45, 7) is 6.30. The second kappa shape index (κ2) is 10.9. The highest BCUT2D eigenvalue weighted by molar-refractivity contribution is 6.46. The Balaban J connectivity index is 1.82. The third-order valence-corrected chi connectivity index (χ3v) is 5.75. The van der Waals surface area contributed by atoms with E-state index in [2.05, 4.69) is 6.58 Å². The summed E-state index contributed by atoms with van der Waals surface area (Å²) in [6.07, 6.45) is 3.12. The van der Waals surface area contributed by atoms with Gasteiger partial charge in [0.1, 0.15) is 23.9 Å². The fourth-order valence-electron chi connectivity index (χ4n) is 4.11. The number of hydrogen-bond acceptors (Lipinski definition) is 7. The Morgan fingerprint density at radius 1 is 1.11 bits per heavy atom. The minimum atomic E-state index is -0.878. The van der Waals surface area contributed by atoms with Crippen molar-refractivity contribution in [1.82, 2.24) is 4.90 Å². The van der Waals surface area contributed by atoms with Crippen LogP contribution in [0.4, 0.5) is 0 Å². The molecule has 1 aliphatic heterocycles. The van der Waals surface area contributed by atoms with Crippen LogP contribution in [0.25, 0.3) is 5.76 Å². The summed E-state index contributed by atoms with van der Waals surface area (Å²) in [5, 5.41) is 11.3. The minimum absolute atomic E-state index is 0.0301. The normalized spacial score (nSPS) is 16.7. The first-order valence-corrected chi connectivity index (χ1v) is 11.4. The van der Waals surface area contributed by atoms with Crippen molar-refractivity contribution >= 4 is 17.4 Å². The number of furan rings is 1. The van der Waals surface area contributed by atoms with Crippen LogP contribution in [0.5, 0.6) is 17.2 Å². The topological polar surface area (TPSA) is 98.4 Å². The maximum Gasteiger partial charge on any atom is 0.296 e. The van der Waals surface area contributed by atoms with Gasteiger partial charge < -0.3 is 28.6 Å². The fourth-order valence-corrected chi connectivity index (χ4v) is 4.11. The van der Waals surface area contributed by atoms with Crippen LogP contribution in [0.3, 0.4) is 0 Å². The van der Waals surface area contributed by atoms with Gasteiger partial charge >= 0.3 is 0 Å². The summed E-state index contributed by atoms with van der Waals surface area (Å²) in [6, 6.07) is 14.3. The van der Waals surface area contributed by atoms with E-state index in [0.29, 0.717) is 47.3 Å². The number of ketones is 1. The van der Waals surface area contributed by atoms with Crippen LogP contribution in [-0.4, -0.2) is 42.0 Å². The van der Waals surface area contributed by atoms with Crippen molar-refractivity contribution in [2.45, 2.75) is 19.5 Å². The van der Waals surface area contributed by atoms with E-state index in [0.717, 1.165) is 0 Å². The third kappa shape index (κ3) is 4.84. The summed E-state index contributed by atoms with van der Waals surface area (Å²) in [7, 11) is 1.51. The number of hydrogen-bond donors (Lipinski definition) is 1. The van der Waals surface area contributed by atoms with Crippen molar-refractivity contribution < 1.29 is 33.3 Å². The van der Waals surface area contributed by atoms with E-state index in [9.17, 15) is 14.7 Å². The van der Waals surface area contributed by atoms with E-state index in [-0.39, 0.29) is 17.9 Å². The number of carbonyl (C=O) groups is 2. The number of aliphatic hydroxyl groups excluding tert-OH is 1. The average molecular weight is 490 g/mol. The number of rotatable bonds is 10. The molecular formula is C28H27NO7. The zero-order valence-electron chi connectivity index (χ0n) is 20.1. The molecule has 1 aliphatic rings. The van der Waals surface area contributed by atoms with Crippen molar-refractivity contribution in [3.05, 3.63) is 96.0 Å². The largest absolute Gasteiger partial charge is 0.507 e. The molecule has 1 N–H and O–H groups in total. The van der Waals surface area contributed by atoms with E-state index < -0.39 is 17.7 Å². The van der Waals surface area contributed by atoms with Crippen molar-refractivity contribution in [1.29, 1.82) is 0 Å². The molecule has 1 fully saturated rings. The number of aliphatic hydroxyl groups is 1. The molecule has 2 heterocycles. The number of Topliss-reactive ketones (excluding diaryl/α,β-unsaturated/α-hetero) is 1. The molecule has 2 aromatic carbocycles. The second-order valence-corrected chi connectivity index (χ2v) is 7.97. The zero-order valence-corrected chi connectivity index (χ0v) is 20.1. The lowest BCUT2D eigenvalue weighted by Crippen LogP contribution is -2.29. The minimum Gasteiger partial charge on any atom is -0.507 e. The highest BCUT2D eigenvalue weighted by atomic mass is 16.5. The highest BCUT2D eigenvalue weighted by Crippen LogP contribution is 2.42. The number of benzene rings is 2. The van der Waals surface area contributed by atoms with Crippen LogP contribution in [0.1, 0.15) is 29.9 Å². The second-order valence-electron chi connectivity index (χ2n) is 7.97. The Bertz CT molecular complexity index is 1280. The predicted octanol–water partition coefficient (Wildman–Crippen LogP) is 4.87. The van der Waals surface area contributed by atoms with Gasteiger partial charge in [-0.1, -0.05) is 18.7 Å². The Labute approximate surface area is 209 Å². The summed E-state index contributed by atoms with van der Waals surface area (Å²) >= 11 is 0. The van der Waals surface area contributed by atoms with Crippen LogP contribution < -0.4 is 14.2 Å². The van der Waals surface area contributed by atoms with Gasteiger partial charge in [-0.2, -0.15) is 0 Å². The highest BCUT2D eigenvalue weighted by Gasteiger charge is 2.46. The van der Waals surface area contributed by atoms with Gasteiger partial charge in [-0.25, -0.2) is 0 Å². The van der Waals surface area contributed by atoms with Gasteiger partial charge in [0.15, 0.2) is 11.5 Å². The molecule has 8 nitrogen and oxygen atoms in total. The van der Waals surface area contributed by atoms with Crippen LogP contribution in [0.2, 0.25) is 0 Å². The molecule has 0 aliphatic carbocycles. The van der Waals surface area contributed by atoms with E-state index in [1.165, 1.54) is 18.3 Å². The Morgan fingerprint density at radius 3 is 2.53 bits per heavy atom. The maximum absolute atomic E-state index is 13.2. The molecule has 1 atom stereocenters. The maximum atomic E-state index is 13.2. The van der Waals surface area contributed by atoms with Gasteiger partial charge in [0.25, 0.3) is 11.7 Å². The molecule has 3 aromatic rings. The van der Waals surface area contributed by atoms with Gasteiger partial charge in [-0.05, 0) is 61.0 Å². The standard InChI is InChI=1S/C28H27NO7/c1-4-14-35-20-11-8-18(9-12-20)26(30)24-25(19-10-13-22(34-5-2)23(16-19)33-3)29(28(32)27(24)31)17-21-7-6-15-36-21/h4,6-13,15-16,25,30H,1,5,14,17H2,2-3H3. The van der Waals surface area contributed by atoms with Gasteiger partial charge in [0, 0.05) is 5.56 Å². The molecule has 0 saturated carbocycles. The number of carbonyl (C=O) groups excluding carboxylic acids is 2. The molecule has 8 heteroatoms. The smallest absolute Gasteiger partial charge is 0.296 e. The lowest BCUT2D eigenvalue weighted by Gasteiger charge is -2.25. The number of amides is 1. The number of likely N-dealkylation sites (tertiary alicyclic amines) is 1. The molecule has 0 radical (unpaired) electrons. The molecular weight excluding hydrogens is 462 g/mol. The molecule has 1 unspecified atom stereocenters. The summed E-state index contributed by atoms with van der Waals surface area (Å²) < 4.78 is 22.0. The van der Waals surface area contributed by atoms with Crippen molar-refractivity contribution in [2.75, 3.05) is 20.3 Å². The quantitative estimate of drug-likeness (QED) is 0.188. The van der Waals surface area contributed by atoms with Gasteiger partial charge in [-0.3, -0.25) is 9.59 Å². The van der Waals surface area contributed by atoms with E-state index in [4.69, 9.17) is 18.6 Å². The Kier molecular flexibility index (Phi) is 7.44. The number of methoxy groups -OCH3 is 1. The average Bonchev–Trinajstić information content (AvgIpc) is 3.50. The van der Waals surface area contributed by atoms with Crippen LogP contribution in [-0.2, 0) is 16.1 Å². The third-order valence-electron chi connectivity index (χ3n) is 5.75. The monoisotopic (exact) mass is 489 g/mol. The van der Waals surface area contributed by atoms with Crippen LogP contribution >= 0.6 is 0 Å². The number of ether oxygens (including phenoxy) is 3. The first-order chi connectivity index (χ1) is 17.5. The summed E-state index contributed by atoms with van der Waals surface area (Å²) in [4.78, 5) is 27.8. The van der Waals surface area contributed by atoms with Gasteiger partial charge in [0.2, 0.25) is 0 Å². The van der Waals surface area contributed by atoms with Crippen LogP contribution in [0.15, 0.2) is 83.5 Å². The summed E-state index contributed by atoms with van der Waals surface area (Å²) in [5.74, 6) is 0.244. The lowest BCUT2D eigenvalue weighted by molar-refractivity contribution is -0.140. The molecule has 1 amide bonds. The first kappa shape index (κ1) is 24.7. The Hall–Kier alpha value is -4.46. The Morgan fingerprint density at radius 2 is 1.89 bits per heavy atom. The van der Waals surface area contributed by atoms with Gasteiger partial charge in [0.05, 0.1) is 38.1 Å². The van der Waals surface area contributed by atoms with E-state index in [1.807, 2.05) is 6.92 Å². The molecule has 1 aromatic heterocycles. The van der Waals surface area contributed by atoms with Crippen molar-refractivity contribution in [3.8, 4) is 17.2 Å². The molecule has 186 valence electrons. The predicted molar refractivity (Wildman–Crippen MR) is 133 cm³/mol. The van der Waals surface area contributed by atoms with E-state index in [1.54, 1.807) is 60.7 Å². The fraction of sp³-hybridized carbons (Fsp3) is 0.214. The van der Waals surface area contributed by atoms with E-state index >= 15 is 0 Å². The van der Waals surface area contributed by atoms with Crippen LogP contribution in [0, 0.1) is 0 Å². The SMILES string of the molecule is C=CCOc1ccc(C(O)=C2C(=O)C(=O)N(Cc3ccco3)C2c2ccc(OCC)c(OC)c2)cc1. The van der Waals surface area contributed by atoms with Crippen molar-refractivity contribution in [3.63, 3.8) is 0 Å². The molecule has 0 spiro atoms. The first-order valence-electron chi connectivity index (χ1n) is 11.4. The molecule has 1 saturated heterocycles. The summed E-state index contributed by atoms with van der Waals surface area (Å²) in [5.41, 5.74) is 0.922. The zero-order chi connectivity index (χ0) is 25.7. The van der Waals surface area contributed by atoms with Gasteiger partial charge in [-0.15, -0.1) is 0 Å². The molecule has 0 bridgehead atoms. The molecule has 4 rings (SSSR count). The lowest BCUT2D eigenvalue weighted by atomic mass is 9.95.